The molecule has 0 aliphatic carbocycles. The number of likely N-dealkylation sites (tertiary alicyclic amines) is 2. The monoisotopic (exact) mass is 421 g/mol. The second-order valence-corrected chi connectivity index (χ2v) is 9.07. The number of anilines is 1. The van der Waals surface area contributed by atoms with Crippen LogP contribution >= 0.6 is 0 Å². The number of primary amides is 1. The molecular weight excluding hydrogens is 390 g/mol. The maximum atomic E-state index is 13.6. The maximum absolute atomic E-state index is 13.6. The maximum Gasteiger partial charge on any atom is 0.257 e. The summed E-state index contributed by atoms with van der Waals surface area (Å²) < 4.78 is 0. The van der Waals surface area contributed by atoms with Crippen LogP contribution in [0.3, 0.4) is 0 Å². The molecule has 2 N–H and O–H groups in total. The summed E-state index contributed by atoms with van der Waals surface area (Å²) in [5.41, 5.74) is 7.27. The molecule has 1 atom stereocenters. The Labute approximate surface area is 183 Å². The smallest absolute Gasteiger partial charge is 0.257 e. The molecule has 3 fully saturated rings. The quantitative estimate of drug-likeness (QED) is 0.820. The van der Waals surface area contributed by atoms with Crippen molar-refractivity contribution in [2.24, 2.45) is 5.73 Å². The summed E-state index contributed by atoms with van der Waals surface area (Å²) in [4.78, 5) is 36.8. The van der Waals surface area contributed by atoms with Crippen molar-refractivity contribution in [2.75, 3.05) is 37.6 Å². The lowest BCUT2D eigenvalue weighted by Crippen LogP contribution is -2.51. The molecule has 5 rings (SSSR count). The molecule has 1 unspecified atom stereocenters. The number of carbonyl (C=O) groups is 2. The lowest BCUT2D eigenvalue weighted by Gasteiger charge is -2.39. The number of hydrogen-bond donors (Lipinski definition) is 1. The Kier molecular flexibility index (Phi) is 5.52. The van der Waals surface area contributed by atoms with Crippen molar-refractivity contribution >= 4 is 28.5 Å². The summed E-state index contributed by atoms with van der Waals surface area (Å²) in [6, 6.07) is 10.2. The molecule has 0 spiro atoms. The van der Waals surface area contributed by atoms with Crippen molar-refractivity contribution in [3.8, 4) is 0 Å². The van der Waals surface area contributed by atoms with Crippen LogP contribution in [0.25, 0.3) is 10.9 Å². The van der Waals surface area contributed by atoms with Crippen molar-refractivity contribution in [2.45, 2.75) is 50.6 Å². The highest BCUT2D eigenvalue weighted by atomic mass is 16.2. The second-order valence-electron chi connectivity index (χ2n) is 9.07. The zero-order valence-electron chi connectivity index (χ0n) is 18.0. The van der Waals surface area contributed by atoms with E-state index >= 15 is 0 Å². The van der Waals surface area contributed by atoms with Gasteiger partial charge in [-0.05, 0) is 57.2 Å². The number of hydrogen-bond acceptors (Lipinski definition) is 5. The van der Waals surface area contributed by atoms with Gasteiger partial charge in [-0.3, -0.25) is 14.5 Å². The molecule has 7 heteroatoms. The Morgan fingerprint density at radius 2 is 1.68 bits per heavy atom. The molecule has 3 aliphatic rings. The highest BCUT2D eigenvalue weighted by Crippen LogP contribution is 2.30. The van der Waals surface area contributed by atoms with E-state index in [0.29, 0.717) is 19.1 Å². The van der Waals surface area contributed by atoms with Crippen LogP contribution in [0.15, 0.2) is 30.3 Å². The van der Waals surface area contributed by atoms with Crippen LogP contribution in [0.5, 0.6) is 0 Å². The van der Waals surface area contributed by atoms with Gasteiger partial charge in [0.25, 0.3) is 5.91 Å². The van der Waals surface area contributed by atoms with Crippen molar-refractivity contribution < 1.29 is 9.59 Å². The topological polar surface area (TPSA) is 82.8 Å². The van der Waals surface area contributed by atoms with Gasteiger partial charge < -0.3 is 15.5 Å². The summed E-state index contributed by atoms with van der Waals surface area (Å²) in [6.07, 6.45) is 5.94. The van der Waals surface area contributed by atoms with E-state index in [4.69, 9.17) is 10.7 Å². The summed E-state index contributed by atoms with van der Waals surface area (Å²) in [5, 5.41) is 1.00. The van der Waals surface area contributed by atoms with E-state index in [-0.39, 0.29) is 17.9 Å². The summed E-state index contributed by atoms with van der Waals surface area (Å²) in [6.45, 7) is 4.25. The minimum Gasteiger partial charge on any atom is -0.368 e. The molecule has 0 bridgehead atoms. The number of nitrogens with zero attached hydrogens (tertiary/aromatic N) is 4. The molecule has 3 aliphatic heterocycles. The van der Waals surface area contributed by atoms with Crippen LogP contribution < -0.4 is 10.6 Å². The third kappa shape index (κ3) is 3.87. The fourth-order valence-corrected chi connectivity index (χ4v) is 5.54. The molecule has 164 valence electrons. The largest absolute Gasteiger partial charge is 0.368 e. The normalized spacial score (nSPS) is 23.0. The molecule has 2 aromatic rings. The van der Waals surface area contributed by atoms with E-state index in [1.165, 1.54) is 0 Å². The van der Waals surface area contributed by atoms with Crippen LogP contribution in [0.2, 0.25) is 0 Å². The number of pyridine rings is 1. The minimum absolute atomic E-state index is 0.0754. The molecule has 0 radical (unpaired) electrons. The first kappa shape index (κ1) is 20.2. The fourth-order valence-electron chi connectivity index (χ4n) is 5.54. The summed E-state index contributed by atoms with van der Waals surface area (Å²) in [5.74, 6) is 0.691. The number of carbonyl (C=O) groups excluding carboxylic acids is 2. The Bertz CT molecular complexity index is 979. The van der Waals surface area contributed by atoms with E-state index in [2.05, 4.69) is 9.80 Å². The van der Waals surface area contributed by atoms with E-state index in [1.807, 2.05) is 35.2 Å². The summed E-state index contributed by atoms with van der Waals surface area (Å²) >= 11 is 0. The molecule has 0 saturated carbocycles. The number of fused-ring (bicyclic) bond motifs is 1. The number of aromatic nitrogens is 1. The zero-order valence-corrected chi connectivity index (χ0v) is 18.0. The number of nitrogens with two attached hydrogens (primary N) is 1. The highest BCUT2D eigenvalue weighted by molar-refractivity contribution is 6.02. The van der Waals surface area contributed by atoms with E-state index in [0.717, 1.165) is 80.4 Å². The first-order valence-corrected chi connectivity index (χ1v) is 11.6. The van der Waals surface area contributed by atoms with Gasteiger partial charge in [0.15, 0.2) is 0 Å². The SMILES string of the molecule is NC(=O)C1CCCN1C1CCN(C(=O)c2cc3ccccc3nc2N2CCCC2)CC1. The van der Waals surface area contributed by atoms with Crippen LogP contribution in [-0.4, -0.2) is 71.4 Å². The van der Waals surface area contributed by atoms with Gasteiger partial charge in [0, 0.05) is 37.6 Å². The van der Waals surface area contributed by atoms with Gasteiger partial charge in [-0.1, -0.05) is 18.2 Å². The second kappa shape index (κ2) is 8.46. The number of para-hydroxylation sites is 1. The predicted molar refractivity (Wildman–Crippen MR) is 121 cm³/mol. The van der Waals surface area contributed by atoms with Crippen LogP contribution in [0, 0.1) is 0 Å². The van der Waals surface area contributed by atoms with E-state index in [9.17, 15) is 9.59 Å². The van der Waals surface area contributed by atoms with Crippen LogP contribution in [0.1, 0.15) is 48.9 Å². The van der Waals surface area contributed by atoms with Gasteiger partial charge in [-0.25, -0.2) is 4.98 Å². The minimum atomic E-state index is -0.214. The Balaban J connectivity index is 1.36. The molecule has 3 saturated heterocycles. The van der Waals surface area contributed by atoms with Crippen molar-refractivity contribution in [1.29, 1.82) is 0 Å². The third-order valence-corrected chi connectivity index (χ3v) is 7.18. The van der Waals surface area contributed by atoms with E-state index < -0.39 is 0 Å². The first-order valence-electron chi connectivity index (χ1n) is 11.6. The first-order chi connectivity index (χ1) is 15.1. The lowest BCUT2D eigenvalue weighted by molar-refractivity contribution is -0.123. The predicted octanol–water partition coefficient (Wildman–Crippen LogP) is 2.39. The number of benzene rings is 1. The Morgan fingerprint density at radius 3 is 2.42 bits per heavy atom. The fraction of sp³-hybridized carbons (Fsp3) is 0.542. The van der Waals surface area contributed by atoms with Crippen molar-refractivity contribution in [3.63, 3.8) is 0 Å². The van der Waals surface area contributed by atoms with Gasteiger partial charge in [0.1, 0.15) is 5.82 Å². The molecule has 1 aromatic carbocycles. The highest BCUT2D eigenvalue weighted by Gasteiger charge is 2.37. The standard InChI is InChI=1S/C24H31N5O2/c25-22(30)21-8-5-13-29(21)18-9-14-28(15-10-18)24(31)19-16-17-6-1-2-7-20(17)26-23(19)27-11-3-4-12-27/h1-2,6-7,16,18,21H,3-5,8-15H2,(H2,25,30). The average molecular weight is 422 g/mol. The Hall–Kier alpha value is -2.67. The van der Waals surface area contributed by atoms with Crippen molar-refractivity contribution in [3.05, 3.63) is 35.9 Å². The number of amides is 2. The van der Waals surface area contributed by atoms with Gasteiger partial charge in [-0.15, -0.1) is 0 Å². The van der Waals surface area contributed by atoms with Gasteiger partial charge in [0.2, 0.25) is 5.91 Å². The third-order valence-electron chi connectivity index (χ3n) is 7.18. The van der Waals surface area contributed by atoms with E-state index in [1.54, 1.807) is 0 Å². The molecule has 4 heterocycles. The zero-order chi connectivity index (χ0) is 21.4. The Morgan fingerprint density at radius 1 is 0.935 bits per heavy atom. The molecule has 1 aromatic heterocycles. The van der Waals surface area contributed by atoms with Gasteiger partial charge in [0.05, 0.1) is 17.1 Å². The van der Waals surface area contributed by atoms with Crippen LogP contribution in [0.4, 0.5) is 5.82 Å². The van der Waals surface area contributed by atoms with Gasteiger partial charge in [-0.2, -0.15) is 0 Å². The number of rotatable bonds is 4. The van der Waals surface area contributed by atoms with Gasteiger partial charge >= 0.3 is 0 Å². The molecule has 2 amide bonds. The molecular formula is C24H31N5O2. The average Bonchev–Trinajstić information content (AvgIpc) is 3.50. The summed E-state index contributed by atoms with van der Waals surface area (Å²) in [7, 11) is 0. The molecule has 7 nitrogen and oxygen atoms in total. The molecule has 31 heavy (non-hydrogen) atoms. The number of piperidine rings is 1. The lowest BCUT2D eigenvalue weighted by atomic mass is 10.0. The van der Waals surface area contributed by atoms with Crippen molar-refractivity contribution in [1.82, 2.24) is 14.8 Å². The van der Waals surface area contributed by atoms with Crippen LogP contribution in [-0.2, 0) is 4.79 Å².